The second-order valence-corrected chi connectivity index (χ2v) is 6.25. The summed E-state index contributed by atoms with van der Waals surface area (Å²) in [6, 6.07) is 20.0. The Morgan fingerprint density at radius 1 is 1.04 bits per heavy atom. The Labute approximate surface area is 166 Å². The minimum atomic E-state index is -0.449. The largest absolute Gasteiger partial charge is 0.455 e. The van der Waals surface area contributed by atoms with E-state index in [9.17, 15) is 4.79 Å². The van der Waals surface area contributed by atoms with E-state index in [0.717, 1.165) is 5.39 Å². The molecule has 0 aliphatic rings. The molecule has 0 aliphatic carbocycles. The van der Waals surface area contributed by atoms with E-state index in [0.29, 0.717) is 22.8 Å². The van der Waals surface area contributed by atoms with Crippen molar-refractivity contribution in [2.45, 2.75) is 0 Å². The van der Waals surface area contributed by atoms with Gasteiger partial charge in [-0.15, -0.1) is 0 Å². The average Bonchev–Trinajstić information content (AvgIpc) is 3.15. The highest BCUT2D eigenvalue weighted by molar-refractivity contribution is 7.80. The summed E-state index contributed by atoms with van der Waals surface area (Å²) in [7, 11) is 0. The van der Waals surface area contributed by atoms with Gasteiger partial charge in [0, 0.05) is 17.8 Å². The first-order chi connectivity index (χ1) is 13.7. The molecule has 0 saturated carbocycles. The topological polar surface area (TPSA) is 76.4 Å². The van der Waals surface area contributed by atoms with Crippen LogP contribution in [0.2, 0.25) is 0 Å². The molecule has 1 amide bonds. The minimum Gasteiger partial charge on any atom is -0.455 e. The number of carbonyl (C=O) groups excluding carboxylic acids is 1. The number of ether oxygens (including phenoxy) is 1. The standard InChI is InChI=1S/C21H15N3O3S/c25-20(19-12-14-13-22-11-10-17(14)27-19)24-21(28)23-16-8-4-5-9-18(16)26-15-6-2-1-3-7-15/h1-13H,(H2,23,24,25,28). The Kier molecular flexibility index (Phi) is 4.99. The fourth-order valence-corrected chi connectivity index (χ4v) is 2.79. The number of fused-ring (bicyclic) bond motifs is 1. The molecule has 0 radical (unpaired) electrons. The van der Waals surface area contributed by atoms with Crippen LogP contribution in [0.5, 0.6) is 11.5 Å². The highest BCUT2D eigenvalue weighted by Crippen LogP contribution is 2.29. The molecule has 2 heterocycles. The number of pyridine rings is 1. The van der Waals surface area contributed by atoms with Crippen LogP contribution in [0.4, 0.5) is 5.69 Å². The van der Waals surface area contributed by atoms with E-state index in [1.807, 2.05) is 54.6 Å². The van der Waals surface area contributed by atoms with E-state index in [1.165, 1.54) is 0 Å². The van der Waals surface area contributed by atoms with E-state index in [4.69, 9.17) is 21.4 Å². The van der Waals surface area contributed by atoms with Gasteiger partial charge in [0.2, 0.25) is 0 Å². The highest BCUT2D eigenvalue weighted by Gasteiger charge is 2.14. The maximum Gasteiger partial charge on any atom is 0.293 e. The van der Waals surface area contributed by atoms with Crippen LogP contribution in [0.15, 0.2) is 83.5 Å². The zero-order chi connectivity index (χ0) is 19.3. The number of anilines is 1. The summed E-state index contributed by atoms with van der Waals surface area (Å²) in [4.78, 5) is 16.4. The second-order valence-electron chi connectivity index (χ2n) is 5.84. The van der Waals surface area contributed by atoms with Crippen LogP contribution in [-0.2, 0) is 0 Å². The maximum absolute atomic E-state index is 12.4. The Hall–Kier alpha value is -3.71. The number of carbonyl (C=O) groups is 1. The van der Waals surface area contributed by atoms with Gasteiger partial charge in [-0.3, -0.25) is 15.1 Å². The Bertz CT molecular complexity index is 1110. The van der Waals surface area contributed by atoms with Crippen LogP contribution in [-0.4, -0.2) is 16.0 Å². The molecule has 0 fully saturated rings. The second kappa shape index (κ2) is 7.89. The normalized spacial score (nSPS) is 10.4. The lowest BCUT2D eigenvalue weighted by Gasteiger charge is -2.13. The molecule has 2 aromatic carbocycles. The monoisotopic (exact) mass is 389 g/mol. The van der Waals surface area contributed by atoms with Crippen LogP contribution < -0.4 is 15.4 Å². The summed E-state index contributed by atoms with van der Waals surface area (Å²) in [5.74, 6) is 0.985. The highest BCUT2D eigenvalue weighted by atomic mass is 32.1. The van der Waals surface area contributed by atoms with Gasteiger partial charge in [-0.2, -0.15) is 0 Å². The van der Waals surface area contributed by atoms with E-state index in [2.05, 4.69) is 15.6 Å². The van der Waals surface area contributed by atoms with Crippen molar-refractivity contribution in [1.29, 1.82) is 0 Å². The van der Waals surface area contributed by atoms with Crippen molar-refractivity contribution in [1.82, 2.24) is 10.3 Å². The van der Waals surface area contributed by atoms with Gasteiger partial charge < -0.3 is 14.5 Å². The minimum absolute atomic E-state index is 0.132. The average molecular weight is 389 g/mol. The number of nitrogens with zero attached hydrogens (tertiary/aromatic N) is 1. The summed E-state index contributed by atoms with van der Waals surface area (Å²) in [5, 5.41) is 6.47. The molecule has 2 N–H and O–H groups in total. The van der Waals surface area contributed by atoms with Crippen molar-refractivity contribution in [2.24, 2.45) is 0 Å². The van der Waals surface area contributed by atoms with Crippen LogP contribution >= 0.6 is 12.2 Å². The van der Waals surface area contributed by atoms with E-state index >= 15 is 0 Å². The summed E-state index contributed by atoms with van der Waals surface area (Å²) >= 11 is 5.26. The fourth-order valence-electron chi connectivity index (χ4n) is 2.59. The smallest absolute Gasteiger partial charge is 0.293 e. The SMILES string of the molecule is O=C(NC(=S)Nc1ccccc1Oc1ccccc1)c1cc2cnccc2o1. The third-order valence-electron chi connectivity index (χ3n) is 3.87. The van der Waals surface area contributed by atoms with Gasteiger partial charge in [0.15, 0.2) is 16.6 Å². The number of rotatable bonds is 4. The molecule has 0 saturated heterocycles. The van der Waals surface area contributed by atoms with Gasteiger partial charge in [-0.25, -0.2) is 0 Å². The first-order valence-electron chi connectivity index (χ1n) is 8.47. The molecule has 4 aromatic rings. The summed E-state index contributed by atoms with van der Waals surface area (Å²) < 4.78 is 11.4. The molecular weight excluding hydrogens is 374 g/mol. The first kappa shape index (κ1) is 17.7. The number of hydrogen-bond donors (Lipinski definition) is 2. The number of nitrogens with one attached hydrogen (secondary N) is 2. The van der Waals surface area contributed by atoms with Gasteiger partial charge in [-0.05, 0) is 48.6 Å². The van der Waals surface area contributed by atoms with Gasteiger partial charge in [0.05, 0.1) is 5.69 Å². The van der Waals surface area contributed by atoms with Gasteiger partial charge >= 0.3 is 0 Å². The number of benzene rings is 2. The number of amides is 1. The van der Waals surface area contributed by atoms with Gasteiger partial charge in [0.1, 0.15) is 11.3 Å². The Balaban J connectivity index is 1.45. The molecule has 0 atom stereocenters. The molecular formula is C21H15N3O3S. The number of hydrogen-bond acceptors (Lipinski definition) is 5. The lowest BCUT2D eigenvalue weighted by molar-refractivity contribution is 0.0953. The summed E-state index contributed by atoms with van der Waals surface area (Å²) in [6.07, 6.45) is 3.23. The lowest BCUT2D eigenvalue weighted by Crippen LogP contribution is -2.33. The van der Waals surface area contributed by atoms with Crippen molar-refractivity contribution < 1.29 is 13.9 Å². The van der Waals surface area contributed by atoms with Gasteiger partial charge in [-0.1, -0.05) is 30.3 Å². The van der Waals surface area contributed by atoms with Crippen LogP contribution in [0, 0.1) is 0 Å². The Morgan fingerprint density at radius 3 is 2.64 bits per heavy atom. The molecule has 0 unspecified atom stereocenters. The Morgan fingerprint density at radius 2 is 1.82 bits per heavy atom. The van der Waals surface area contributed by atoms with Crippen molar-refractivity contribution in [3.05, 3.63) is 84.9 Å². The van der Waals surface area contributed by atoms with E-state index < -0.39 is 5.91 Å². The summed E-state index contributed by atoms with van der Waals surface area (Å²) in [5.41, 5.74) is 1.21. The third kappa shape index (κ3) is 3.99. The van der Waals surface area contributed by atoms with Crippen molar-refractivity contribution in [3.8, 4) is 11.5 Å². The van der Waals surface area contributed by atoms with Crippen molar-refractivity contribution in [3.63, 3.8) is 0 Å². The third-order valence-corrected chi connectivity index (χ3v) is 4.08. The number of aromatic nitrogens is 1. The molecule has 0 bridgehead atoms. The first-order valence-corrected chi connectivity index (χ1v) is 8.88. The molecule has 0 aliphatic heterocycles. The number of furan rings is 1. The van der Waals surface area contributed by atoms with Crippen molar-refractivity contribution in [2.75, 3.05) is 5.32 Å². The maximum atomic E-state index is 12.4. The van der Waals surface area contributed by atoms with Crippen LogP contribution in [0.3, 0.4) is 0 Å². The predicted octanol–water partition coefficient (Wildman–Crippen LogP) is 4.75. The number of thiocarbonyl (C=S) groups is 1. The van der Waals surface area contributed by atoms with E-state index in [-0.39, 0.29) is 10.9 Å². The van der Waals surface area contributed by atoms with Crippen LogP contribution in [0.1, 0.15) is 10.6 Å². The molecule has 6 nitrogen and oxygen atoms in total. The zero-order valence-corrected chi connectivity index (χ0v) is 15.4. The van der Waals surface area contributed by atoms with Crippen molar-refractivity contribution >= 4 is 39.9 Å². The molecule has 0 spiro atoms. The molecule has 28 heavy (non-hydrogen) atoms. The van der Waals surface area contributed by atoms with E-state index in [1.54, 1.807) is 24.5 Å². The lowest BCUT2D eigenvalue weighted by atomic mass is 10.3. The quantitative estimate of drug-likeness (QED) is 0.491. The number of para-hydroxylation sites is 3. The molecule has 7 heteroatoms. The zero-order valence-electron chi connectivity index (χ0n) is 14.6. The van der Waals surface area contributed by atoms with Crippen LogP contribution in [0.25, 0.3) is 11.0 Å². The fraction of sp³-hybridized carbons (Fsp3) is 0. The van der Waals surface area contributed by atoms with Gasteiger partial charge in [0.25, 0.3) is 5.91 Å². The molecule has 2 aromatic heterocycles. The predicted molar refractivity (Wildman–Crippen MR) is 111 cm³/mol. The molecule has 138 valence electrons. The summed E-state index contributed by atoms with van der Waals surface area (Å²) in [6.45, 7) is 0. The molecule has 4 rings (SSSR count).